The molecule has 0 aliphatic carbocycles. The second kappa shape index (κ2) is 6.26. The lowest BCUT2D eigenvalue weighted by Crippen LogP contribution is -2.23. The topological polar surface area (TPSA) is 29.3 Å². The van der Waals surface area contributed by atoms with E-state index in [0.29, 0.717) is 0 Å². The van der Waals surface area contributed by atoms with Gasteiger partial charge in [-0.05, 0) is 46.6 Å². The zero-order valence-corrected chi connectivity index (χ0v) is 11.9. The highest BCUT2D eigenvalue weighted by Gasteiger charge is 2.06. The molecule has 1 rings (SSSR count). The lowest BCUT2D eigenvalue weighted by atomic mass is 10.1. The van der Waals surface area contributed by atoms with Crippen molar-refractivity contribution < 1.29 is 0 Å². The first kappa shape index (κ1) is 13.5. The maximum Gasteiger partial charge on any atom is 0.0458 e. The van der Waals surface area contributed by atoms with Crippen LogP contribution >= 0.6 is 15.9 Å². The summed E-state index contributed by atoms with van der Waals surface area (Å²) in [6.07, 6.45) is 1.23. The fourth-order valence-electron chi connectivity index (χ4n) is 1.71. The molecule has 90 valence electrons. The van der Waals surface area contributed by atoms with Gasteiger partial charge in [-0.2, -0.15) is 0 Å². The molecule has 0 amide bonds. The summed E-state index contributed by atoms with van der Waals surface area (Å²) in [6.45, 7) is 6.63. The lowest BCUT2D eigenvalue weighted by molar-refractivity contribution is 0.275. The molecule has 1 aromatic carbocycles. The largest absolute Gasteiger partial charge is 0.398 e. The number of nitrogens with two attached hydrogens (primary N) is 1. The molecule has 1 atom stereocenters. The summed E-state index contributed by atoms with van der Waals surface area (Å²) in [4.78, 5) is 2.35. The summed E-state index contributed by atoms with van der Waals surface area (Å²) >= 11 is 3.46. The highest BCUT2D eigenvalue weighted by molar-refractivity contribution is 9.10. The van der Waals surface area contributed by atoms with Crippen molar-refractivity contribution in [3.63, 3.8) is 0 Å². The summed E-state index contributed by atoms with van der Waals surface area (Å²) < 4.78 is 0.988. The number of benzene rings is 1. The number of hydrogen-bond donors (Lipinski definition) is 1. The molecule has 0 fully saturated rings. The van der Waals surface area contributed by atoms with Gasteiger partial charge in [0.2, 0.25) is 0 Å². The van der Waals surface area contributed by atoms with Crippen molar-refractivity contribution in [3.05, 3.63) is 28.2 Å². The summed E-state index contributed by atoms with van der Waals surface area (Å²) in [6, 6.07) is 6.14. The van der Waals surface area contributed by atoms with E-state index in [1.807, 2.05) is 6.07 Å². The van der Waals surface area contributed by atoms with Gasteiger partial charge in [-0.3, -0.25) is 0 Å². The van der Waals surface area contributed by atoms with Gasteiger partial charge in [0.05, 0.1) is 0 Å². The molecule has 0 heterocycles. The fourth-order valence-corrected chi connectivity index (χ4v) is 2.13. The molecule has 1 unspecified atom stereocenters. The number of nitrogens with zero attached hydrogens (tertiary/aromatic N) is 1. The van der Waals surface area contributed by atoms with Crippen molar-refractivity contribution in [2.75, 3.05) is 19.3 Å². The third-order valence-electron chi connectivity index (χ3n) is 2.84. The van der Waals surface area contributed by atoms with Crippen LogP contribution in [0.1, 0.15) is 25.8 Å². The Morgan fingerprint density at radius 1 is 1.44 bits per heavy atom. The van der Waals surface area contributed by atoms with E-state index in [1.165, 1.54) is 12.0 Å². The van der Waals surface area contributed by atoms with Crippen molar-refractivity contribution in [1.82, 2.24) is 4.90 Å². The number of rotatable bonds is 5. The van der Waals surface area contributed by atoms with Gasteiger partial charge >= 0.3 is 0 Å². The van der Waals surface area contributed by atoms with Crippen molar-refractivity contribution in [1.29, 1.82) is 0 Å². The zero-order chi connectivity index (χ0) is 12.1. The van der Waals surface area contributed by atoms with Crippen molar-refractivity contribution in [2.24, 2.45) is 5.92 Å². The van der Waals surface area contributed by atoms with Crippen LogP contribution in [0.3, 0.4) is 0 Å². The minimum atomic E-state index is 0.752. The third kappa shape index (κ3) is 4.14. The van der Waals surface area contributed by atoms with Crippen LogP contribution in [-0.2, 0) is 6.54 Å². The minimum Gasteiger partial charge on any atom is -0.398 e. The number of halogens is 1. The first-order chi connectivity index (χ1) is 7.52. The van der Waals surface area contributed by atoms with Gasteiger partial charge in [0.1, 0.15) is 0 Å². The predicted octanol–water partition coefficient (Wildman–Crippen LogP) is 3.51. The van der Waals surface area contributed by atoms with Crippen LogP contribution in [0, 0.1) is 5.92 Å². The summed E-state index contributed by atoms with van der Waals surface area (Å²) in [7, 11) is 2.16. The molecule has 16 heavy (non-hydrogen) atoms. The van der Waals surface area contributed by atoms with Crippen molar-refractivity contribution in [2.45, 2.75) is 26.8 Å². The molecule has 3 heteroatoms. The monoisotopic (exact) mass is 284 g/mol. The Kier molecular flexibility index (Phi) is 5.29. The van der Waals surface area contributed by atoms with Crippen molar-refractivity contribution >= 4 is 21.6 Å². The molecular weight excluding hydrogens is 264 g/mol. The predicted molar refractivity (Wildman–Crippen MR) is 74.3 cm³/mol. The van der Waals surface area contributed by atoms with Crippen LogP contribution in [-0.4, -0.2) is 18.5 Å². The van der Waals surface area contributed by atoms with Gasteiger partial charge in [0.15, 0.2) is 0 Å². The molecule has 0 saturated carbocycles. The fraction of sp³-hybridized carbons (Fsp3) is 0.538. The summed E-state index contributed by atoms with van der Waals surface area (Å²) in [5, 5.41) is 0. The van der Waals surface area contributed by atoms with Gasteiger partial charge < -0.3 is 10.6 Å². The van der Waals surface area contributed by atoms with E-state index in [1.54, 1.807) is 0 Å². The van der Waals surface area contributed by atoms with Crippen LogP contribution < -0.4 is 5.73 Å². The lowest BCUT2D eigenvalue weighted by Gasteiger charge is -2.20. The van der Waals surface area contributed by atoms with Crippen LogP contribution in [0.15, 0.2) is 22.7 Å². The van der Waals surface area contributed by atoms with Gasteiger partial charge in [-0.15, -0.1) is 0 Å². The molecule has 0 aliphatic heterocycles. The average Bonchev–Trinajstić information content (AvgIpc) is 2.23. The van der Waals surface area contributed by atoms with Crippen LogP contribution in [0.2, 0.25) is 0 Å². The first-order valence-electron chi connectivity index (χ1n) is 5.75. The Labute approximate surface area is 107 Å². The van der Waals surface area contributed by atoms with E-state index < -0.39 is 0 Å². The highest BCUT2D eigenvalue weighted by atomic mass is 79.9. The summed E-state index contributed by atoms with van der Waals surface area (Å²) in [5.41, 5.74) is 7.86. The molecule has 1 aromatic rings. The van der Waals surface area contributed by atoms with E-state index in [9.17, 15) is 0 Å². The van der Waals surface area contributed by atoms with Crippen LogP contribution in [0.4, 0.5) is 5.69 Å². The maximum absolute atomic E-state index is 5.76. The second-order valence-electron chi connectivity index (χ2n) is 4.57. The van der Waals surface area contributed by atoms with E-state index >= 15 is 0 Å². The normalized spacial score (nSPS) is 13.1. The number of nitrogen functional groups attached to an aromatic ring is 1. The number of hydrogen-bond acceptors (Lipinski definition) is 2. The Balaban J connectivity index is 2.56. The van der Waals surface area contributed by atoms with E-state index in [-0.39, 0.29) is 0 Å². The van der Waals surface area contributed by atoms with Gasteiger partial charge in [-0.1, -0.05) is 26.3 Å². The van der Waals surface area contributed by atoms with Gasteiger partial charge in [-0.25, -0.2) is 0 Å². The third-order valence-corrected chi connectivity index (χ3v) is 3.52. The number of anilines is 1. The molecule has 0 aliphatic rings. The van der Waals surface area contributed by atoms with Gasteiger partial charge in [0, 0.05) is 23.2 Å². The SMILES string of the molecule is CCC(C)CN(C)Cc1ccc(N)c(Br)c1. The molecule has 2 N–H and O–H groups in total. The maximum atomic E-state index is 5.76. The zero-order valence-electron chi connectivity index (χ0n) is 10.3. The molecular formula is C13H21BrN2. The molecule has 0 spiro atoms. The van der Waals surface area contributed by atoms with E-state index in [2.05, 4.69) is 53.9 Å². The highest BCUT2D eigenvalue weighted by Crippen LogP contribution is 2.21. The Morgan fingerprint density at radius 3 is 2.69 bits per heavy atom. The Morgan fingerprint density at radius 2 is 2.12 bits per heavy atom. The molecule has 0 saturated heterocycles. The van der Waals surface area contributed by atoms with Crippen LogP contribution in [0.25, 0.3) is 0 Å². The molecule has 0 radical (unpaired) electrons. The molecule has 0 aromatic heterocycles. The standard InChI is InChI=1S/C13H21BrN2/c1-4-10(2)8-16(3)9-11-5-6-13(15)12(14)7-11/h5-7,10H,4,8-9,15H2,1-3H3. The quantitative estimate of drug-likeness (QED) is 0.839. The Hall–Kier alpha value is -0.540. The molecule has 2 nitrogen and oxygen atoms in total. The van der Waals surface area contributed by atoms with E-state index in [0.717, 1.165) is 29.2 Å². The molecule has 0 bridgehead atoms. The van der Waals surface area contributed by atoms with E-state index in [4.69, 9.17) is 5.73 Å². The smallest absolute Gasteiger partial charge is 0.0458 e. The van der Waals surface area contributed by atoms with Crippen LogP contribution in [0.5, 0.6) is 0 Å². The minimum absolute atomic E-state index is 0.752. The van der Waals surface area contributed by atoms with Crippen molar-refractivity contribution in [3.8, 4) is 0 Å². The Bertz CT molecular complexity index is 339. The average molecular weight is 285 g/mol. The summed E-state index contributed by atoms with van der Waals surface area (Å²) in [5.74, 6) is 0.752. The first-order valence-corrected chi connectivity index (χ1v) is 6.54. The van der Waals surface area contributed by atoms with Gasteiger partial charge in [0.25, 0.3) is 0 Å². The second-order valence-corrected chi connectivity index (χ2v) is 5.42.